The molecule has 3 rings (SSSR count). The van der Waals surface area contributed by atoms with Gasteiger partial charge in [-0.2, -0.15) is 0 Å². The Bertz CT molecular complexity index is 885. The van der Waals surface area contributed by atoms with E-state index < -0.39 is 5.91 Å². The Kier molecular flexibility index (Phi) is 3.70. The fourth-order valence-corrected chi connectivity index (χ4v) is 2.37. The summed E-state index contributed by atoms with van der Waals surface area (Å²) < 4.78 is 1.56. The number of rotatable bonds is 3. The molecule has 1 aromatic heterocycles. The lowest BCUT2D eigenvalue weighted by Crippen LogP contribution is -2.30. The van der Waals surface area contributed by atoms with Crippen LogP contribution in [0.1, 0.15) is 17.4 Å². The largest absolute Gasteiger partial charge is 0.320 e. The van der Waals surface area contributed by atoms with Crippen LogP contribution in [0, 0.1) is 0 Å². The summed E-state index contributed by atoms with van der Waals surface area (Å²) in [5, 5.41) is 2.70. The fourth-order valence-electron chi connectivity index (χ4n) is 2.37. The molecular weight excluding hydrogens is 278 g/mol. The highest BCUT2D eigenvalue weighted by atomic mass is 16.2. The summed E-state index contributed by atoms with van der Waals surface area (Å²) in [6.07, 6.45) is 0. The van der Waals surface area contributed by atoms with Crippen LogP contribution in [0.15, 0.2) is 59.4 Å². The Labute approximate surface area is 127 Å². The minimum Gasteiger partial charge on any atom is -0.320 e. The third-order valence-electron chi connectivity index (χ3n) is 3.42. The zero-order chi connectivity index (χ0) is 15.5. The molecule has 2 aromatic carbocycles. The maximum Gasteiger partial charge on any atom is 0.282 e. The Balaban J connectivity index is 2.09. The second kappa shape index (κ2) is 5.81. The molecule has 0 atom stereocenters. The molecule has 5 heteroatoms. The lowest BCUT2D eigenvalue weighted by atomic mass is 10.2. The normalized spacial score (nSPS) is 10.6. The van der Waals surface area contributed by atoms with Gasteiger partial charge in [-0.1, -0.05) is 30.3 Å². The van der Waals surface area contributed by atoms with Gasteiger partial charge in [0.05, 0.1) is 11.0 Å². The first kappa shape index (κ1) is 14.0. The average Bonchev–Trinajstić information content (AvgIpc) is 2.55. The number of para-hydroxylation sites is 3. The number of carbonyl (C=O) groups is 1. The van der Waals surface area contributed by atoms with Crippen LogP contribution in [0.3, 0.4) is 0 Å². The molecule has 110 valence electrons. The Morgan fingerprint density at radius 3 is 2.50 bits per heavy atom. The van der Waals surface area contributed by atoms with E-state index in [1.54, 1.807) is 22.8 Å². The molecule has 5 nitrogen and oxygen atoms in total. The van der Waals surface area contributed by atoms with Crippen molar-refractivity contribution >= 4 is 22.6 Å². The van der Waals surface area contributed by atoms with E-state index in [2.05, 4.69) is 10.3 Å². The quantitative estimate of drug-likeness (QED) is 0.807. The SMILES string of the molecule is CCn1c(=O)c(C(=O)Nc2ccccc2)nc2ccccc21. The zero-order valence-electron chi connectivity index (χ0n) is 12.1. The molecule has 0 aliphatic rings. The van der Waals surface area contributed by atoms with Gasteiger partial charge in [0, 0.05) is 12.2 Å². The molecule has 0 bridgehead atoms. The summed E-state index contributed by atoms with van der Waals surface area (Å²) in [5.74, 6) is -0.496. The van der Waals surface area contributed by atoms with Gasteiger partial charge in [0.15, 0.2) is 5.69 Å². The third-order valence-corrected chi connectivity index (χ3v) is 3.42. The van der Waals surface area contributed by atoms with Crippen molar-refractivity contribution in [3.8, 4) is 0 Å². The highest BCUT2D eigenvalue weighted by molar-refractivity contribution is 6.03. The second-order valence-electron chi connectivity index (χ2n) is 4.82. The van der Waals surface area contributed by atoms with Crippen LogP contribution >= 0.6 is 0 Å². The van der Waals surface area contributed by atoms with E-state index in [4.69, 9.17) is 0 Å². The Morgan fingerprint density at radius 1 is 1.09 bits per heavy atom. The van der Waals surface area contributed by atoms with Gasteiger partial charge in [-0.25, -0.2) is 4.98 Å². The van der Waals surface area contributed by atoms with Crippen LogP contribution in [0.4, 0.5) is 5.69 Å². The van der Waals surface area contributed by atoms with Crippen LogP contribution in [0.25, 0.3) is 11.0 Å². The first-order chi connectivity index (χ1) is 10.7. The van der Waals surface area contributed by atoms with Gasteiger partial charge in [0.2, 0.25) is 0 Å². The second-order valence-corrected chi connectivity index (χ2v) is 4.82. The molecule has 22 heavy (non-hydrogen) atoms. The lowest BCUT2D eigenvalue weighted by molar-refractivity contribution is 0.102. The number of aryl methyl sites for hydroxylation is 1. The number of hydrogen-bond acceptors (Lipinski definition) is 3. The molecule has 0 aliphatic heterocycles. The molecular formula is C17H15N3O2. The summed E-state index contributed by atoms with van der Waals surface area (Å²) in [6, 6.07) is 16.3. The maximum absolute atomic E-state index is 12.5. The van der Waals surface area contributed by atoms with E-state index in [-0.39, 0.29) is 11.3 Å². The Morgan fingerprint density at radius 2 is 1.77 bits per heavy atom. The fraction of sp³-hybridized carbons (Fsp3) is 0.118. The number of aromatic nitrogens is 2. The molecule has 1 amide bonds. The first-order valence-corrected chi connectivity index (χ1v) is 7.06. The number of nitrogens with zero attached hydrogens (tertiary/aromatic N) is 2. The molecule has 0 radical (unpaired) electrons. The molecule has 0 aliphatic carbocycles. The van der Waals surface area contributed by atoms with Crippen molar-refractivity contribution < 1.29 is 4.79 Å². The summed E-state index contributed by atoms with van der Waals surface area (Å²) in [6.45, 7) is 2.35. The van der Waals surface area contributed by atoms with Crippen molar-refractivity contribution in [2.75, 3.05) is 5.32 Å². The minimum atomic E-state index is -0.496. The minimum absolute atomic E-state index is 0.0931. The smallest absolute Gasteiger partial charge is 0.282 e. The summed E-state index contributed by atoms with van der Waals surface area (Å²) in [7, 11) is 0. The van der Waals surface area contributed by atoms with E-state index in [0.717, 1.165) is 5.52 Å². The zero-order valence-corrected chi connectivity index (χ0v) is 12.1. The molecule has 1 heterocycles. The topological polar surface area (TPSA) is 64.0 Å². The number of nitrogens with one attached hydrogen (secondary N) is 1. The van der Waals surface area contributed by atoms with Gasteiger partial charge in [0.25, 0.3) is 11.5 Å². The summed E-state index contributed by atoms with van der Waals surface area (Å²) in [4.78, 5) is 29.1. The number of hydrogen-bond donors (Lipinski definition) is 1. The molecule has 3 aromatic rings. The number of carbonyl (C=O) groups excluding carboxylic acids is 1. The summed E-state index contributed by atoms with van der Waals surface area (Å²) in [5.41, 5.74) is 1.51. The highest BCUT2D eigenvalue weighted by Gasteiger charge is 2.16. The van der Waals surface area contributed by atoms with Crippen LogP contribution < -0.4 is 10.9 Å². The molecule has 0 spiro atoms. The van der Waals surface area contributed by atoms with Gasteiger partial charge in [0.1, 0.15) is 0 Å². The van der Waals surface area contributed by atoms with Crippen LogP contribution in [-0.4, -0.2) is 15.5 Å². The van der Waals surface area contributed by atoms with E-state index in [9.17, 15) is 9.59 Å². The van der Waals surface area contributed by atoms with Crippen molar-refractivity contribution in [2.24, 2.45) is 0 Å². The number of amides is 1. The van der Waals surface area contributed by atoms with E-state index in [1.165, 1.54) is 0 Å². The van der Waals surface area contributed by atoms with Gasteiger partial charge >= 0.3 is 0 Å². The van der Waals surface area contributed by atoms with Crippen molar-refractivity contribution in [3.63, 3.8) is 0 Å². The molecule has 1 N–H and O–H groups in total. The molecule has 0 saturated carbocycles. The third kappa shape index (κ3) is 2.48. The molecule has 0 fully saturated rings. The first-order valence-electron chi connectivity index (χ1n) is 7.06. The van der Waals surface area contributed by atoms with Gasteiger partial charge < -0.3 is 9.88 Å². The predicted molar refractivity (Wildman–Crippen MR) is 86.1 cm³/mol. The van der Waals surface area contributed by atoms with E-state index in [1.807, 2.05) is 43.3 Å². The van der Waals surface area contributed by atoms with Crippen molar-refractivity contribution in [1.29, 1.82) is 0 Å². The van der Waals surface area contributed by atoms with Gasteiger partial charge in [-0.15, -0.1) is 0 Å². The van der Waals surface area contributed by atoms with Crippen molar-refractivity contribution in [1.82, 2.24) is 9.55 Å². The van der Waals surface area contributed by atoms with Crippen LogP contribution in [0.5, 0.6) is 0 Å². The number of fused-ring (bicyclic) bond motifs is 1. The van der Waals surface area contributed by atoms with Crippen molar-refractivity contribution in [2.45, 2.75) is 13.5 Å². The van der Waals surface area contributed by atoms with E-state index >= 15 is 0 Å². The maximum atomic E-state index is 12.5. The highest BCUT2D eigenvalue weighted by Crippen LogP contribution is 2.11. The monoisotopic (exact) mass is 293 g/mol. The number of benzene rings is 2. The molecule has 0 unspecified atom stereocenters. The van der Waals surface area contributed by atoms with E-state index in [0.29, 0.717) is 17.7 Å². The molecule has 0 saturated heterocycles. The van der Waals surface area contributed by atoms with Gasteiger partial charge in [-0.05, 0) is 31.2 Å². The lowest BCUT2D eigenvalue weighted by Gasteiger charge is -2.10. The predicted octanol–water partition coefficient (Wildman–Crippen LogP) is 2.67. The number of anilines is 1. The summed E-state index contributed by atoms with van der Waals surface area (Å²) >= 11 is 0. The Hall–Kier alpha value is -2.95. The van der Waals surface area contributed by atoms with Crippen LogP contribution in [0.2, 0.25) is 0 Å². The van der Waals surface area contributed by atoms with Crippen LogP contribution in [-0.2, 0) is 6.54 Å². The van der Waals surface area contributed by atoms with Gasteiger partial charge in [-0.3, -0.25) is 9.59 Å². The standard InChI is InChI=1S/C17H15N3O2/c1-2-20-14-11-7-6-10-13(14)19-15(17(20)22)16(21)18-12-8-4-3-5-9-12/h3-11H,2H2,1H3,(H,18,21). The average molecular weight is 293 g/mol. The van der Waals surface area contributed by atoms with Crippen molar-refractivity contribution in [3.05, 3.63) is 70.6 Å².